The topological polar surface area (TPSA) is 83.1 Å². The zero-order valence-corrected chi connectivity index (χ0v) is 23.9. The Morgan fingerprint density at radius 1 is 1.14 bits per heavy atom. The Balaban J connectivity index is 1.55. The Morgan fingerprint density at radius 2 is 1.89 bits per heavy atom. The Hall–Kier alpha value is -1.89. The number of fused-ring (bicyclic) bond motifs is 1. The van der Waals surface area contributed by atoms with Gasteiger partial charge in [0, 0.05) is 36.8 Å². The second-order valence-electron chi connectivity index (χ2n) is 9.17. The molecule has 0 bridgehead atoms. The third-order valence-electron chi connectivity index (χ3n) is 6.10. The van der Waals surface area contributed by atoms with Crippen molar-refractivity contribution < 1.29 is 17.9 Å². The van der Waals surface area contributed by atoms with Crippen LogP contribution in [0.25, 0.3) is 10.2 Å². The van der Waals surface area contributed by atoms with Gasteiger partial charge in [0.2, 0.25) is 10.0 Å². The largest absolute Gasteiger partial charge is 0.377 e. The number of rotatable bonds is 10. The summed E-state index contributed by atoms with van der Waals surface area (Å²) >= 11 is 4.96. The maximum atomic E-state index is 13.6. The normalized spacial score (nSPS) is 16.3. The molecule has 0 radical (unpaired) electrons. The van der Waals surface area contributed by atoms with E-state index in [4.69, 9.17) is 9.72 Å². The van der Waals surface area contributed by atoms with Crippen LogP contribution in [0.3, 0.4) is 0 Å². The first-order valence-corrected chi connectivity index (χ1v) is 14.9. The molecule has 8 nitrogen and oxygen atoms in total. The van der Waals surface area contributed by atoms with E-state index in [9.17, 15) is 13.2 Å². The van der Waals surface area contributed by atoms with Crippen LogP contribution in [0.15, 0.2) is 51.8 Å². The standard InChI is InChI=1S/C25H31BrN4O4S2/c1-28(2)13-5-14-30(25-27-22-12-9-19(26)16-23(22)35-25)24(31)18-7-10-21(11-8-18)36(32,33)29(3)17-20-6-4-15-34-20/h7-12,16,20H,4-6,13-15,17H2,1-3H3. The molecule has 1 aliphatic heterocycles. The minimum atomic E-state index is -3.68. The van der Waals surface area contributed by atoms with Gasteiger partial charge in [-0.25, -0.2) is 13.4 Å². The van der Waals surface area contributed by atoms with Crippen LogP contribution >= 0.6 is 27.3 Å². The van der Waals surface area contributed by atoms with E-state index in [1.54, 1.807) is 24.1 Å². The van der Waals surface area contributed by atoms with Crippen LogP contribution in [0.1, 0.15) is 29.6 Å². The van der Waals surface area contributed by atoms with Gasteiger partial charge >= 0.3 is 0 Å². The number of thiazole rings is 1. The molecular weight excluding hydrogens is 564 g/mol. The van der Waals surface area contributed by atoms with Crippen molar-refractivity contribution in [1.82, 2.24) is 14.2 Å². The Bertz CT molecular complexity index is 1310. The number of likely N-dealkylation sites (N-methyl/N-ethyl adjacent to an activating group) is 1. The van der Waals surface area contributed by atoms with Crippen molar-refractivity contribution in [1.29, 1.82) is 0 Å². The summed E-state index contributed by atoms with van der Waals surface area (Å²) in [4.78, 5) is 22.2. The number of benzene rings is 2. The van der Waals surface area contributed by atoms with E-state index in [0.717, 1.165) is 40.5 Å². The third kappa shape index (κ3) is 6.32. The molecule has 0 saturated carbocycles. The van der Waals surface area contributed by atoms with Crippen molar-refractivity contribution >= 4 is 58.5 Å². The number of ether oxygens (including phenoxy) is 1. The van der Waals surface area contributed by atoms with Gasteiger partial charge in [-0.2, -0.15) is 4.31 Å². The molecule has 0 N–H and O–H groups in total. The minimum absolute atomic E-state index is 0.0733. The first-order valence-electron chi connectivity index (χ1n) is 11.9. The zero-order valence-electron chi connectivity index (χ0n) is 20.7. The maximum Gasteiger partial charge on any atom is 0.260 e. The second kappa shape index (κ2) is 11.7. The molecule has 1 atom stereocenters. The summed E-state index contributed by atoms with van der Waals surface area (Å²) in [5, 5.41) is 0.625. The first kappa shape index (κ1) is 27.2. The van der Waals surface area contributed by atoms with Gasteiger partial charge in [-0.15, -0.1) is 0 Å². The molecule has 0 spiro atoms. The Morgan fingerprint density at radius 3 is 2.56 bits per heavy atom. The fraction of sp³-hybridized carbons (Fsp3) is 0.440. The minimum Gasteiger partial charge on any atom is -0.377 e. The van der Waals surface area contributed by atoms with E-state index in [1.165, 1.54) is 27.8 Å². The Kier molecular flexibility index (Phi) is 8.79. The average molecular weight is 596 g/mol. The predicted octanol–water partition coefficient (Wildman–Crippen LogP) is 4.46. The number of hydrogen-bond donors (Lipinski definition) is 0. The van der Waals surface area contributed by atoms with Gasteiger partial charge in [-0.1, -0.05) is 27.3 Å². The Labute approximate surface area is 225 Å². The smallest absolute Gasteiger partial charge is 0.260 e. The lowest BCUT2D eigenvalue weighted by Gasteiger charge is -2.22. The number of nitrogens with zero attached hydrogens (tertiary/aromatic N) is 4. The van der Waals surface area contributed by atoms with Crippen LogP contribution in [0.5, 0.6) is 0 Å². The number of carbonyl (C=O) groups is 1. The molecule has 36 heavy (non-hydrogen) atoms. The summed E-state index contributed by atoms with van der Waals surface area (Å²) in [6.45, 7) is 2.32. The third-order valence-corrected chi connectivity index (χ3v) is 9.47. The number of carbonyl (C=O) groups excluding carboxylic acids is 1. The highest BCUT2D eigenvalue weighted by Crippen LogP contribution is 2.32. The molecule has 1 unspecified atom stereocenters. The summed E-state index contributed by atoms with van der Waals surface area (Å²) in [6.07, 6.45) is 2.51. The molecule has 0 aliphatic carbocycles. The van der Waals surface area contributed by atoms with Gasteiger partial charge < -0.3 is 9.64 Å². The van der Waals surface area contributed by atoms with Gasteiger partial charge in [0.05, 0.1) is 21.2 Å². The van der Waals surface area contributed by atoms with Gasteiger partial charge in [0.25, 0.3) is 5.91 Å². The lowest BCUT2D eigenvalue weighted by Crippen LogP contribution is -2.34. The number of aromatic nitrogens is 1. The zero-order chi connectivity index (χ0) is 25.9. The fourth-order valence-corrected chi connectivity index (χ4v) is 6.85. The van der Waals surface area contributed by atoms with Crippen molar-refractivity contribution in [3.63, 3.8) is 0 Å². The van der Waals surface area contributed by atoms with Crippen molar-refractivity contribution in [3.8, 4) is 0 Å². The van der Waals surface area contributed by atoms with E-state index < -0.39 is 10.0 Å². The highest BCUT2D eigenvalue weighted by Gasteiger charge is 2.27. The summed E-state index contributed by atoms with van der Waals surface area (Å²) in [5.74, 6) is -0.205. The SMILES string of the molecule is CN(C)CCCN(C(=O)c1ccc(S(=O)(=O)N(C)CC2CCCO2)cc1)c1nc2ccc(Br)cc2s1. The number of sulfonamides is 1. The molecular formula is C25H31BrN4O4S2. The van der Waals surface area contributed by atoms with Gasteiger partial charge in [0.1, 0.15) is 0 Å². The highest BCUT2D eigenvalue weighted by atomic mass is 79.9. The molecule has 1 aliphatic rings. The highest BCUT2D eigenvalue weighted by molar-refractivity contribution is 9.10. The van der Waals surface area contributed by atoms with Crippen LogP contribution in [0.2, 0.25) is 0 Å². The predicted molar refractivity (Wildman–Crippen MR) is 147 cm³/mol. The quantitative estimate of drug-likeness (QED) is 0.345. The van der Waals surface area contributed by atoms with E-state index in [-0.39, 0.29) is 16.9 Å². The molecule has 194 valence electrons. The lowest BCUT2D eigenvalue weighted by atomic mass is 10.2. The summed E-state index contributed by atoms with van der Waals surface area (Å²) in [7, 11) is 1.88. The molecule has 3 aromatic rings. The fourth-order valence-electron chi connectivity index (χ4n) is 4.11. The molecule has 1 aromatic heterocycles. The lowest BCUT2D eigenvalue weighted by molar-refractivity contribution is 0.0978. The molecule has 1 fully saturated rings. The summed E-state index contributed by atoms with van der Waals surface area (Å²) in [5.41, 5.74) is 1.25. The van der Waals surface area contributed by atoms with E-state index >= 15 is 0 Å². The van der Waals surface area contributed by atoms with Gasteiger partial charge in [-0.05, 0) is 82.4 Å². The van der Waals surface area contributed by atoms with Crippen LogP contribution in [-0.4, -0.2) is 82.0 Å². The molecule has 4 rings (SSSR count). The molecule has 2 heterocycles. The molecule has 1 amide bonds. The monoisotopic (exact) mass is 594 g/mol. The van der Waals surface area contributed by atoms with Crippen molar-refractivity contribution in [3.05, 3.63) is 52.5 Å². The van der Waals surface area contributed by atoms with Crippen LogP contribution in [0.4, 0.5) is 5.13 Å². The van der Waals surface area contributed by atoms with Crippen molar-refractivity contribution in [2.45, 2.75) is 30.3 Å². The summed E-state index contributed by atoms with van der Waals surface area (Å²) in [6, 6.07) is 12.0. The molecule has 11 heteroatoms. The molecule has 2 aromatic carbocycles. The summed E-state index contributed by atoms with van der Waals surface area (Å²) < 4.78 is 34.9. The van der Waals surface area contributed by atoms with Crippen LogP contribution in [-0.2, 0) is 14.8 Å². The number of amides is 1. The van der Waals surface area contributed by atoms with Gasteiger partial charge in [0.15, 0.2) is 5.13 Å². The average Bonchev–Trinajstić information content (AvgIpc) is 3.50. The van der Waals surface area contributed by atoms with Gasteiger partial charge in [-0.3, -0.25) is 9.69 Å². The molecule has 1 saturated heterocycles. The van der Waals surface area contributed by atoms with Crippen LogP contribution < -0.4 is 4.90 Å². The number of hydrogen-bond acceptors (Lipinski definition) is 7. The second-order valence-corrected chi connectivity index (χ2v) is 13.1. The number of halogens is 1. The van der Waals surface area contributed by atoms with E-state index in [2.05, 4.69) is 20.8 Å². The maximum absolute atomic E-state index is 13.6. The first-order chi connectivity index (χ1) is 17.1. The number of anilines is 1. The van der Waals surface area contributed by atoms with E-state index in [1.807, 2.05) is 32.3 Å². The van der Waals surface area contributed by atoms with Crippen LogP contribution in [0, 0.1) is 0 Å². The van der Waals surface area contributed by atoms with Crippen molar-refractivity contribution in [2.75, 3.05) is 52.3 Å². The van der Waals surface area contributed by atoms with E-state index in [0.29, 0.717) is 30.4 Å². The van der Waals surface area contributed by atoms with Crippen molar-refractivity contribution in [2.24, 2.45) is 0 Å².